The molecule has 1 aliphatic rings. The molecule has 106 valence electrons. The lowest BCUT2D eigenvalue weighted by Crippen LogP contribution is -2.31. The van der Waals surface area contributed by atoms with Crippen molar-refractivity contribution in [2.45, 2.75) is 51.6 Å². The minimum Gasteiger partial charge on any atom is -0.393 e. The Labute approximate surface area is 119 Å². The summed E-state index contributed by atoms with van der Waals surface area (Å²) in [6.07, 6.45) is 5.52. The van der Waals surface area contributed by atoms with E-state index in [2.05, 4.69) is 6.92 Å². The quantitative estimate of drug-likeness (QED) is 0.857. The number of aliphatic hydroxyl groups is 1. The van der Waals surface area contributed by atoms with Crippen molar-refractivity contribution < 1.29 is 9.50 Å². The molecular formula is C16H22ClFO. The van der Waals surface area contributed by atoms with Crippen LogP contribution < -0.4 is 0 Å². The average Bonchev–Trinajstić information content (AvgIpc) is 2.38. The molecule has 3 heteroatoms. The molecule has 1 nitrogen and oxygen atoms in total. The van der Waals surface area contributed by atoms with Crippen LogP contribution in [-0.2, 0) is 6.42 Å². The summed E-state index contributed by atoms with van der Waals surface area (Å²) in [6.45, 7) is 2.19. The summed E-state index contributed by atoms with van der Waals surface area (Å²) in [6, 6.07) is 4.79. The highest BCUT2D eigenvalue weighted by atomic mass is 35.5. The number of benzene rings is 1. The molecule has 1 aromatic carbocycles. The number of rotatable bonds is 4. The molecule has 3 atom stereocenters. The molecule has 0 spiro atoms. The summed E-state index contributed by atoms with van der Waals surface area (Å²) in [4.78, 5) is 0. The zero-order valence-electron chi connectivity index (χ0n) is 11.4. The van der Waals surface area contributed by atoms with E-state index in [1.807, 2.05) is 0 Å². The molecular weight excluding hydrogens is 263 g/mol. The minimum absolute atomic E-state index is 0.139. The van der Waals surface area contributed by atoms with E-state index in [9.17, 15) is 9.50 Å². The first-order chi connectivity index (χ1) is 9.11. The Bertz CT molecular complexity index is 401. The Kier molecular flexibility index (Phi) is 5.23. The van der Waals surface area contributed by atoms with Crippen molar-refractivity contribution in [3.63, 3.8) is 0 Å². The lowest BCUT2D eigenvalue weighted by molar-refractivity contribution is 0.0459. The molecule has 1 aromatic rings. The third-order valence-corrected chi connectivity index (χ3v) is 4.63. The predicted octanol–water partition coefficient (Wildman–Crippen LogP) is 4.60. The minimum atomic E-state index is -0.316. The average molecular weight is 285 g/mol. The topological polar surface area (TPSA) is 20.2 Å². The van der Waals surface area contributed by atoms with Gasteiger partial charge in [0.15, 0.2) is 0 Å². The molecule has 3 unspecified atom stereocenters. The molecule has 1 N–H and O–H groups in total. The van der Waals surface area contributed by atoms with E-state index in [0.717, 1.165) is 19.3 Å². The fraction of sp³-hybridized carbons (Fsp3) is 0.625. The van der Waals surface area contributed by atoms with Gasteiger partial charge in [-0.15, -0.1) is 0 Å². The van der Waals surface area contributed by atoms with E-state index in [0.29, 0.717) is 22.9 Å². The van der Waals surface area contributed by atoms with Crippen molar-refractivity contribution >= 4 is 11.6 Å². The third-order valence-electron chi connectivity index (χ3n) is 4.28. The van der Waals surface area contributed by atoms with Crippen LogP contribution in [0.4, 0.5) is 4.39 Å². The van der Waals surface area contributed by atoms with Gasteiger partial charge in [0.25, 0.3) is 0 Å². The predicted molar refractivity (Wildman–Crippen MR) is 76.9 cm³/mol. The number of aliphatic hydroxyl groups excluding tert-OH is 1. The fourth-order valence-electron chi connectivity index (χ4n) is 3.22. The molecule has 2 rings (SSSR count). The second-order valence-electron chi connectivity index (χ2n) is 5.70. The summed E-state index contributed by atoms with van der Waals surface area (Å²) < 4.78 is 13.8. The molecule has 0 aromatic heterocycles. The zero-order chi connectivity index (χ0) is 13.8. The van der Waals surface area contributed by atoms with Crippen LogP contribution in [-0.4, -0.2) is 11.2 Å². The highest BCUT2D eigenvalue weighted by molar-refractivity contribution is 6.31. The van der Waals surface area contributed by atoms with Gasteiger partial charge in [0.05, 0.1) is 6.10 Å². The number of halogens is 2. The lowest BCUT2D eigenvalue weighted by atomic mass is 9.75. The van der Waals surface area contributed by atoms with Crippen LogP contribution in [0.15, 0.2) is 18.2 Å². The number of hydrogen-bond donors (Lipinski definition) is 1. The molecule has 0 aliphatic heterocycles. The van der Waals surface area contributed by atoms with Crippen molar-refractivity contribution in [2.24, 2.45) is 11.8 Å². The van der Waals surface area contributed by atoms with Crippen LogP contribution in [0, 0.1) is 17.7 Å². The van der Waals surface area contributed by atoms with Gasteiger partial charge in [0, 0.05) is 10.6 Å². The highest BCUT2D eigenvalue weighted by Crippen LogP contribution is 2.35. The number of hydrogen-bond acceptors (Lipinski definition) is 1. The van der Waals surface area contributed by atoms with Gasteiger partial charge in [0.1, 0.15) is 5.82 Å². The Balaban J connectivity index is 2.08. The molecule has 0 radical (unpaired) electrons. The van der Waals surface area contributed by atoms with Crippen molar-refractivity contribution in [1.29, 1.82) is 0 Å². The summed E-state index contributed by atoms with van der Waals surface area (Å²) in [5, 5.41) is 10.6. The first-order valence-corrected chi connectivity index (χ1v) is 7.60. The maximum absolute atomic E-state index is 13.8. The monoisotopic (exact) mass is 284 g/mol. The van der Waals surface area contributed by atoms with Crippen LogP contribution in [0.25, 0.3) is 0 Å². The Morgan fingerprint density at radius 3 is 2.84 bits per heavy atom. The van der Waals surface area contributed by atoms with Crippen molar-refractivity contribution in [1.82, 2.24) is 0 Å². The van der Waals surface area contributed by atoms with E-state index < -0.39 is 0 Å². The Hall–Kier alpha value is -0.600. The first-order valence-electron chi connectivity index (χ1n) is 7.22. The van der Waals surface area contributed by atoms with Crippen molar-refractivity contribution in [3.8, 4) is 0 Å². The van der Waals surface area contributed by atoms with Crippen LogP contribution >= 0.6 is 11.6 Å². The van der Waals surface area contributed by atoms with Crippen LogP contribution in [0.1, 0.15) is 44.6 Å². The molecule has 0 bridgehead atoms. The van der Waals surface area contributed by atoms with Gasteiger partial charge in [0.2, 0.25) is 0 Å². The maximum atomic E-state index is 13.8. The summed E-state index contributed by atoms with van der Waals surface area (Å²) in [7, 11) is 0. The third kappa shape index (κ3) is 3.70. The molecule has 1 saturated carbocycles. The summed E-state index contributed by atoms with van der Waals surface area (Å²) >= 11 is 6.07. The van der Waals surface area contributed by atoms with E-state index in [-0.39, 0.29) is 17.8 Å². The van der Waals surface area contributed by atoms with Crippen molar-refractivity contribution in [2.75, 3.05) is 0 Å². The van der Waals surface area contributed by atoms with Gasteiger partial charge in [-0.25, -0.2) is 4.39 Å². The largest absolute Gasteiger partial charge is 0.393 e. The molecule has 1 aliphatic carbocycles. The van der Waals surface area contributed by atoms with Gasteiger partial charge < -0.3 is 5.11 Å². The van der Waals surface area contributed by atoms with E-state index in [4.69, 9.17) is 11.6 Å². The van der Waals surface area contributed by atoms with E-state index in [1.54, 1.807) is 12.1 Å². The Morgan fingerprint density at radius 2 is 2.16 bits per heavy atom. The summed E-state index contributed by atoms with van der Waals surface area (Å²) in [5.41, 5.74) is 0.561. The van der Waals surface area contributed by atoms with Gasteiger partial charge in [-0.3, -0.25) is 0 Å². The van der Waals surface area contributed by atoms with Crippen LogP contribution in [0.5, 0.6) is 0 Å². The van der Waals surface area contributed by atoms with Gasteiger partial charge in [-0.05, 0) is 49.7 Å². The Morgan fingerprint density at radius 1 is 1.37 bits per heavy atom. The van der Waals surface area contributed by atoms with E-state index >= 15 is 0 Å². The molecule has 0 amide bonds. The highest BCUT2D eigenvalue weighted by Gasteiger charge is 2.29. The second kappa shape index (κ2) is 6.71. The molecule has 0 heterocycles. The smallest absolute Gasteiger partial charge is 0.127 e. The van der Waals surface area contributed by atoms with Gasteiger partial charge >= 0.3 is 0 Å². The fourth-order valence-corrected chi connectivity index (χ4v) is 3.46. The second-order valence-corrected chi connectivity index (χ2v) is 6.11. The molecule has 0 saturated heterocycles. The SMILES string of the molecule is CCCC1CCC(O)C(Cc2c(F)cccc2Cl)C1. The normalized spacial score (nSPS) is 27.5. The van der Waals surface area contributed by atoms with Gasteiger partial charge in [-0.1, -0.05) is 37.4 Å². The van der Waals surface area contributed by atoms with Crippen LogP contribution in [0.3, 0.4) is 0 Å². The zero-order valence-corrected chi connectivity index (χ0v) is 12.2. The standard InChI is InChI=1S/C16H22ClFO/c1-2-4-11-7-8-16(19)12(9-11)10-13-14(17)5-3-6-15(13)18/h3,5-6,11-12,16,19H,2,4,7-10H2,1H3. The van der Waals surface area contributed by atoms with E-state index in [1.165, 1.54) is 18.9 Å². The van der Waals surface area contributed by atoms with Gasteiger partial charge in [-0.2, -0.15) is 0 Å². The molecule has 19 heavy (non-hydrogen) atoms. The maximum Gasteiger partial charge on any atom is 0.127 e. The summed E-state index contributed by atoms with van der Waals surface area (Å²) in [5.74, 6) is 0.556. The lowest BCUT2D eigenvalue weighted by Gasteiger charge is -2.33. The first kappa shape index (κ1) is 14.8. The van der Waals surface area contributed by atoms with Crippen molar-refractivity contribution in [3.05, 3.63) is 34.6 Å². The van der Waals surface area contributed by atoms with Crippen LogP contribution in [0.2, 0.25) is 5.02 Å². The molecule has 1 fully saturated rings.